The van der Waals surface area contributed by atoms with Gasteiger partial charge in [0.2, 0.25) is 0 Å². The predicted octanol–water partition coefficient (Wildman–Crippen LogP) is 7.45. The molecule has 0 saturated carbocycles. The smallest absolute Gasteiger partial charge is 0.272 e. The highest BCUT2D eigenvalue weighted by molar-refractivity contribution is 6.44. The number of likely N-dealkylation sites (N-methyl/N-ethyl adjacent to an activating group) is 1. The van der Waals surface area contributed by atoms with Crippen molar-refractivity contribution in [1.29, 1.82) is 0 Å². The fourth-order valence-electron chi connectivity index (χ4n) is 3.74. The van der Waals surface area contributed by atoms with Gasteiger partial charge in [0.15, 0.2) is 0 Å². The van der Waals surface area contributed by atoms with Crippen molar-refractivity contribution in [3.63, 3.8) is 0 Å². The second-order valence-electron chi connectivity index (χ2n) is 10.4. The van der Waals surface area contributed by atoms with Gasteiger partial charge in [-0.1, -0.05) is 96.2 Å². The van der Waals surface area contributed by atoms with Crippen LogP contribution in [0.25, 0.3) is 0 Å². The number of fused-ring (bicyclic) bond motifs is 1. The van der Waals surface area contributed by atoms with E-state index in [0.717, 1.165) is 6.29 Å². The van der Waals surface area contributed by atoms with Gasteiger partial charge in [0.05, 0.1) is 16.7 Å². The molecule has 48 heavy (non-hydrogen) atoms. The summed E-state index contributed by atoms with van der Waals surface area (Å²) in [6, 6.07) is 3.95. The topological polar surface area (TPSA) is 114 Å². The van der Waals surface area contributed by atoms with Gasteiger partial charge in [-0.25, -0.2) is 14.8 Å². The molecule has 9 nitrogen and oxygen atoms in total. The molecule has 2 heterocycles. The molecule has 0 bridgehead atoms. The number of hydrazine groups is 1. The Morgan fingerprint density at radius 1 is 1.19 bits per heavy atom. The molecular formula is C37H57ClFN5O4. The lowest BCUT2D eigenvalue weighted by Gasteiger charge is -2.32. The number of nitrogens with one attached hydrogen (secondary N) is 2. The summed E-state index contributed by atoms with van der Waals surface area (Å²) in [6.07, 6.45) is 14.7. The fraction of sp³-hybridized carbons (Fsp3) is 0.459. The second kappa shape index (κ2) is 26.1. The van der Waals surface area contributed by atoms with Gasteiger partial charge in [-0.3, -0.25) is 14.6 Å². The molecule has 3 N–H and O–H groups in total. The van der Waals surface area contributed by atoms with Crippen LogP contribution in [0, 0.1) is 5.82 Å². The zero-order valence-corrected chi connectivity index (χ0v) is 31.2. The number of amides is 2. The highest BCUT2D eigenvalue weighted by atomic mass is 35.5. The van der Waals surface area contributed by atoms with Gasteiger partial charge < -0.3 is 20.1 Å². The van der Waals surface area contributed by atoms with Crippen molar-refractivity contribution < 1.29 is 23.9 Å². The molecule has 0 aliphatic carbocycles. The van der Waals surface area contributed by atoms with E-state index in [0.29, 0.717) is 37.2 Å². The first-order valence-electron chi connectivity index (χ1n) is 16.5. The maximum Gasteiger partial charge on any atom is 0.272 e. The molecule has 1 unspecified atom stereocenters. The van der Waals surface area contributed by atoms with E-state index in [-0.39, 0.29) is 34.9 Å². The van der Waals surface area contributed by atoms with Crippen LogP contribution < -0.4 is 10.7 Å². The van der Waals surface area contributed by atoms with Crippen molar-refractivity contribution in [1.82, 2.24) is 20.7 Å². The normalized spacial score (nSPS) is 13.7. The number of benzene rings is 1. The van der Waals surface area contributed by atoms with E-state index >= 15 is 0 Å². The molecule has 0 fully saturated rings. The number of aldehydes is 1. The highest BCUT2D eigenvalue weighted by Crippen LogP contribution is 2.24. The summed E-state index contributed by atoms with van der Waals surface area (Å²) in [5, 5.41) is 12.8. The molecule has 0 spiro atoms. The van der Waals surface area contributed by atoms with Gasteiger partial charge in [-0.2, -0.15) is 0 Å². The molecule has 1 aromatic carbocycles. The number of carbonyl (C=O) groups is 3. The second-order valence-corrected chi connectivity index (χ2v) is 10.9. The number of carbonyl (C=O) groups excluding carboxylic acids is 3. The molecule has 1 atom stereocenters. The molecule has 268 valence electrons. The maximum absolute atomic E-state index is 13.6. The average molecular weight is 690 g/mol. The van der Waals surface area contributed by atoms with Gasteiger partial charge in [0, 0.05) is 32.6 Å². The monoisotopic (exact) mass is 689 g/mol. The van der Waals surface area contributed by atoms with E-state index in [1.54, 1.807) is 62.0 Å². The number of hydrogen-bond acceptors (Lipinski definition) is 7. The minimum Gasteiger partial charge on any atom is -0.391 e. The lowest BCUT2D eigenvalue weighted by molar-refractivity contribution is -0.129. The van der Waals surface area contributed by atoms with Crippen LogP contribution in [0.2, 0.25) is 5.02 Å². The Morgan fingerprint density at radius 3 is 2.38 bits per heavy atom. The first-order chi connectivity index (χ1) is 22.8. The largest absolute Gasteiger partial charge is 0.391 e. The van der Waals surface area contributed by atoms with Crippen molar-refractivity contribution in [2.45, 2.75) is 99.8 Å². The summed E-state index contributed by atoms with van der Waals surface area (Å²) in [6.45, 7) is 21.5. The summed E-state index contributed by atoms with van der Waals surface area (Å²) in [7, 11) is 1.69. The maximum atomic E-state index is 13.6. The van der Waals surface area contributed by atoms with Crippen LogP contribution in [-0.4, -0.2) is 64.1 Å². The lowest BCUT2D eigenvalue weighted by atomic mass is 10.1. The van der Waals surface area contributed by atoms with Crippen LogP contribution in [-0.2, 0) is 20.9 Å². The number of hydrogen-bond donors (Lipinski definition) is 3. The third kappa shape index (κ3) is 17.9. The molecule has 0 radical (unpaired) electrons. The SMILES string of the molecule is C=C/C=C/C(CC/C=C/CC=O)N(C)C(=O)C1=CC(C(=O)NCc2ccc(F)c(Cl)c2)=NC2=CCNN21.CC.CC.CC.CC(C)(C)O. The predicted molar refractivity (Wildman–Crippen MR) is 198 cm³/mol. The molecule has 0 saturated heterocycles. The Bertz CT molecular complexity index is 1290. The van der Waals surface area contributed by atoms with Crippen LogP contribution >= 0.6 is 11.6 Å². The Hall–Kier alpha value is -3.86. The molecular weight excluding hydrogens is 633 g/mol. The first-order valence-corrected chi connectivity index (χ1v) is 16.9. The van der Waals surface area contributed by atoms with Crippen molar-refractivity contribution >= 4 is 35.4 Å². The third-order valence-electron chi connectivity index (χ3n) is 5.72. The van der Waals surface area contributed by atoms with Crippen LogP contribution in [0.3, 0.4) is 0 Å². The molecule has 2 amide bonds. The van der Waals surface area contributed by atoms with Crippen molar-refractivity contribution in [3.05, 3.63) is 95.2 Å². The van der Waals surface area contributed by atoms with Gasteiger partial charge >= 0.3 is 0 Å². The van der Waals surface area contributed by atoms with E-state index in [4.69, 9.17) is 16.7 Å². The fourth-order valence-corrected chi connectivity index (χ4v) is 3.95. The molecule has 1 aromatic rings. The highest BCUT2D eigenvalue weighted by Gasteiger charge is 2.33. The number of aliphatic imine (C=N–C) groups is 1. The first kappa shape index (κ1) is 46.3. The summed E-state index contributed by atoms with van der Waals surface area (Å²) >= 11 is 5.82. The molecule has 0 aromatic heterocycles. The van der Waals surface area contributed by atoms with E-state index in [2.05, 4.69) is 22.3 Å². The Kier molecular flexibility index (Phi) is 25.2. The van der Waals surface area contributed by atoms with Gasteiger partial charge in [0.25, 0.3) is 11.8 Å². The van der Waals surface area contributed by atoms with E-state index in [1.807, 2.05) is 53.7 Å². The Morgan fingerprint density at radius 2 is 1.81 bits per heavy atom. The minimum atomic E-state index is -0.539. The number of aliphatic hydroxyl groups is 1. The summed E-state index contributed by atoms with van der Waals surface area (Å²) in [5.41, 5.74) is 3.53. The van der Waals surface area contributed by atoms with Crippen LogP contribution in [0.4, 0.5) is 4.39 Å². The zero-order valence-electron chi connectivity index (χ0n) is 30.4. The van der Waals surface area contributed by atoms with Crippen LogP contribution in [0.5, 0.6) is 0 Å². The standard InChI is InChI=1S/C27H29ClFN5O3.C4H10O.3C2H6/c1-3-4-9-20(10-7-5-6-8-15-35)33(2)27(37)24-17-23(32-25-13-14-31-34(24)25)26(36)30-18-19-11-12-22(29)21(28)16-19;1-4(2,3)5;3*1-2/h3-6,9,11-13,15-17,20,31H,1,7-8,10,14,18H2,2H3,(H,30,36);5H,1-3H3;3*1-2H3/b6-5+,9-4+;;;;. The van der Waals surface area contributed by atoms with E-state index < -0.39 is 17.3 Å². The molecule has 3 rings (SSSR count). The molecule has 2 aliphatic heterocycles. The number of rotatable bonds is 12. The quantitative estimate of drug-likeness (QED) is 0.119. The number of nitrogens with zero attached hydrogens (tertiary/aromatic N) is 3. The number of allylic oxidation sites excluding steroid dienone is 4. The van der Waals surface area contributed by atoms with E-state index in [1.165, 1.54) is 24.3 Å². The Labute approximate surface area is 293 Å². The van der Waals surface area contributed by atoms with E-state index in [9.17, 15) is 18.8 Å². The van der Waals surface area contributed by atoms with Crippen molar-refractivity contribution in [2.24, 2.45) is 4.99 Å². The summed E-state index contributed by atoms with van der Waals surface area (Å²) < 4.78 is 13.4. The number of halogens is 2. The van der Waals surface area contributed by atoms with Gasteiger partial charge in [0.1, 0.15) is 29.3 Å². The summed E-state index contributed by atoms with van der Waals surface area (Å²) in [5.74, 6) is -0.877. The van der Waals surface area contributed by atoms with Crippen LogP contribution in [0.15, 0.2) is 83.8 Å². The lowest BCUT2D eigenvalue weighted by Crippen LogP contribution is -2.45. The zero-order chi connectivity index (χ0) is 37.3. The van der Waals surface area contributed by atoms with Crippen molar-refractivity contribution in [2.75, 3.05) is 13.6 Å². The minimum absolute atomic E-state index is 0.0327. The van der Waals surface area contributed by atoms with Crippen molar-refractivity contribution in [3.8, 4) is 0 Å². The summed E-state index contributed by atoms with van der Waals surface area (Å²) in [4.78, 5) is 43.0. The van der Waals surface area contributed by atoms with Gasteiger partial charge in [-0.05, 0) is 57.4 Å². The Balaban J connectivity index is 0. The molecule has 11 heteroatoms. The third-order valence-corrected chi connectivity index (χ3v) is 6.01. The van der Waals surface area contributed by atoms with Crippen LogP contribution in [0.1, 0.15) is 87.1 Å². The average Bonchev–Trinajstić information content (AvgIpc) is 3.56. The van der Waals surface area contributed by atoms with Gasteiger partial charge in [-0.15, -0.1) is 0 Å². The molecule has 2 aliphatic rings.